The van der Waals surface area contributed by atoms with Crippen LogP contribution in [0.3, 0.4) is 0 Å². The van der Waals surface area contributed by atoms with Crippen molar-refractivity contribution in [1.29, 1.82) is 0 Å². The minimum Gasteiger partial charge on any atom is -0.496 e. The van der Waals surface area contributed by atoms with E-state index in [-0.39, 0.29) is 17.6 Å². The molecule has 3 heteroatoms. The molecule has 1 rings (SSSR count). The summed E-state index contributed by atoms with van der Waals surface area (Å²) in [6.45, 7) is 5.81. The van der Waals surface area contributed by atoms with E-state index in [2.05, 4.69) is 0 Å². The van der Waals surface area contributed by atoms with Crippen molar-refractivity contribution in [3.05, 3.63) is 28.8 Å². The van der Waals surface area contributed by atoms with Crippen LogP contribution in [0.15, 0.2) is 18.2 Å². The third-order valence-corrected chi connectivity index (χ3v) is 3.07. The highest BCUT2D eigenvalue weighted by Gasteiger charge is 2.18. The van der Waals surface area contributed by atoms with Gasteiger partial charge in [-0.2, -0.15) is 0 Å². The first-order valence-electron chi connectivity index (χ1n) is 5.81. The van der Waals surface area contributed by atoms with Gasteiger partial charge in [0.05, 0.1) is 7.11 Å². The fraction of sp³-hybridized carbons (Fsp3) is 0.500. The first-order chi connectivity index (χ1) is 7.95. The minimum absolute atomic E-state index is 0.00470. The zero-order valence-electron chi connectivity index (χ0n) is 10.8. The average molecular weight is 255 g/mol. The number of ketones is 1. The summed E-state index contributed by atoms with van der Waals surface area (Å²) in [4.78, 5) is 11.8. The number of hydrogen-bond donors (Lipinski definition) is 0. The van der Waals surface area contributed by atoms with E-state index in [0.717, 1.165) is 11.3 Å². The Bertz CT molecular complexity index is 399. The van der Waals surface area contributed by atoms with Crippen molar-refractivity contribution in [2.45, 2.75) is 27.2 Å². The summed E-state index contributed by atoms with van der Waals surface area (Å²) in [6, 6.07) is 5.53. The van der Waals surface area contributed by atoms with E-state index >= 15 is 0 Å². The summed E-state index contributed by atoms with van der Waals surface area (Å²) in [5, 5.41) is 0.647. The van der Waals surface area contributed by atoms with Crippen molar-refractivity contribution in [2.24, 2.45) is 11.8 Å². The number of methoxy groups -OCH3 is 1. The Morgan fingerprint density at radius 2 is 2.00 bits per heavy atom. The SMILES string of the molecule is COc1cc(Cl)ccc1CC(C)C(=O)C(C)C. The number of benzene rings is 1. The topological polar surface area (TPSA) is 26.3 Å². The van der Waals surface area contributed by atoms with Crippen molar-refractivity contribution in [1.82, 2.24) is 0 Å². The largest absolute Gasteiger partial charge is 0.496 e. The number of rotatable bonds is 5. The van der Waals surface area contributed by atoms with Gasteiger partial charge in [-0.15, -0.1) is 0 Å². The molecule has 0 bridgehead atoms. The van der Waals surface area contributed by atoms with E-state index in [1.54, 1.807) is 13.2 Å². The lowest BCUT2D eigenvalue weighted by Crippen LogP contribution is -2.19. The molecule has 0 heterocycles. The Morgan fingerprint density at radius 1 is 1.35 bits per heavy atom. The van der Waals surface area contributed by atoms with Gasteiger partial charge < -0.3 is 4.74 Å². The molecule has 0 spiro atoms. The van der Waals surface area contributed by atoms with E-state index in [0.29, 0.717) is 11.4 Å². The molecular formula is C14H19ClO2. The van der Waals surface area contributed by atoms with Gasteiger partial charge in [0.2, 0.25) is 0 Å². The zero-order chi connectivity index (χ0) is 13.0. The predicted octanol–water partition coefficient (Wildman–Crippen LogP) is 3.75. The first kappa shape index (κ1) is 14.0. The zero-order valence-corrected chi connectivity index (χ0v) is 11.5. The molecule has 1 atom stereocenters. The number of carbonyl (C=O) groups excluding carboxylic acids is 1. The molecule has 17 heavy (non-hydrogen) atoms. The normalized spacial score (nSPS) is 12.6. The van der Waals surface area contributed by atoms with Gasteiger partial charge in [0.1, 0.15) is 11.5 Å². The van der Waals surface area contributed by atoms with Crippen molar-refractivity contribution in [3.8, 4) is 5.75 Å². The van der Waals surface area contributed by atoms with E-state index in [1.807, 2.05) is 32.9 Å². The summed E-state index contributed by atoms with van der Waals surface area (Å²) in [5.41, 5.74) is 1.03. The van der Waals surface area contributed by atoms with Crippen molar-refractivity contribution < 1.29 is 9.53 Å². The van der Waals surface area contributed by atoms with Gasteiger partial charge in [0.15, 0.2) is 0 Å². The number of ether oxygens (including phenoxy) is 1. The van der Waals surface area contributed by atoms with E-state index in [1.165, 1.54) is 0 Å². The molecular weight excluding hydrogens is 236 g/mol. The van der Waals surface area contributed by atoms with Crippen molar-refractivity contribution in [3.63, 3.8) is 0 Å². The molecule has 0 amide bonds. The quantitative estimate of drug-likeness (QED) is 0.800. The predicted molar refractivity (Wildman–Crippen MR) is 70.7 cm³/mol. The van der Waals surface area contributed by atoms with Gasteiger partial charge in [-0.3, -0.25) is 4.79 Å². The molecule has 1 aromatic rings. The summed E-state index contributed by atoms with van der Waals surface area (Å²) >= 11 is 5.90. The van der Waals surface area contributed by atoms with Crippen LogP contribution in [0.1, 0.15) is 26.3 Å². The Balaban J connectivity index is 2.84. The molecule has 1 aromatic carbocycles. The molecule has 0 N–H and O–H groups in total. The standard InChI is InChI=1S/C14H19ClO2/c1-9(2)14(16)10(3)7-11-5-6-12(15)8-13(11)17-4/h5-6,8-10H,7H2,1-4H3. The molecule has 1 unspecified atom stereocenters. The highest BCUT2D eigenvalue weighted by atomic mass is 35.5. The van der Waals surface area contributed by atoms with E-state index < -0.39 is 0 Å². The summed E-state index contributed by atoms with van der Waals surface area (Å²) < 4.78 is 5.27. The monoisotopic (exact) mass is 254 g/mol. The lowest BCUT2D eigenvalue weighted by molar-refractivity contribution is -0.125. The first-order valence-corrected chi connectivity index (χ1v) is 6.19. The maximum absolute atomic E-state index is 11.8. The van der Waals surface area contributed by atoms with E-state index in [4.69, 9.17) is 16.3 Å². The Morgan fingerprint density at radius 3 is 2.53 bits per heavy atom. The number of Topliss-reactive ketones (excluding diaryl/α,β-unsaturated/α-hetero) is 1. The number of carbonyl (C=O) groups is 1. The molecule has 0 aliphatic rings. The maximum atomic E-state index is 11.8. The number of hydrogen-bond acceptors (Lipinski definition) is 2. The lowest BCUT2D eigenvalue weighted by Gasteiger charge is -2.15. The molecule has 2 nitrogen and oxygen atoms in total. The Labute approximate surface area is 108 Å². The van der Waals surface area contributed by atoms with Crippen LogP contribution in [0.4, 0.5) is 0 Å². The van der Waals surface area contributed by atoms with Crippen LogP contribution in [-0.2, 0) is 11.2 Å². The van der Waals surface area contributed by atoms with Crippen LogP contribution >= 0.6 is 11.6 Å². The van der Waals surface area contributed by atoms with Gasteiger partial charge in [-0.25, -0.2) is 0 Å². The molecule has 0 radical (unpaired) electrons. The summed E-state index contributed by atoms with van der Waals surface area (Å²) in [6.07, 6.45) is 0.692. The highest BCUT2D eigenvalue weighted by molar-refractivity contribution is 6.30. The third kappa shape index (κ3) is 3.74. The van der Waals surface area contributed by atoms with Crippen LogP contribution in [0.25, 0.3) is 0 Å². The van der Waals surface area contributed by atoms with Gasteiger partial charge in [-0.05, 0) is 24.1 Å². The van der Waals surface area contributed by atoms with Crippen LogP contribution in [-0.4, -0.2) is 12.9 Å². The molecule has 0 saturated heterocycles. The van der Waals surface area contributed by atoms with Crippen molar-refractivity contribution >= 4 is 17.4 Å². The lowest BCUT2D eigenvalue weighted by atomic mass is 9.91. The third-order valence-electron chi connectivity index (χ3n) is 2.83. The number of halogens is 1. The van der Waals surface area contributed by atoms with Crippen LogP contribution in [0.2, 0.25) is 5.02 Å². The van der Waals surface area contributed by atoms with Crippen LogP contribution in [0, 0.1) is 11.8 Å². The van der Waals surface area contributed by atoms with Crippen LogP contribution < -0.4 is 4.74 Å². The second kappa shape index (κ2) is 6.06. The molecule has 0 saturated carbocycles. The minimum atomic E-state index is 0.00470. The Kier molecular flexibility index (Phi) is 5.01. The van der Waals surface area contributed by atoms with E-state index in [9.17, 15) is 4.79 Å². The molecule has 94 valence electrons. The van der Waals surface area contributed by atoms with Crippen molar-refractivity contribution in [2.75, 3.05) is 7.11 Å². The summed E-state index contributed by atoms with van der Waals surface area (Å²) in [7, 11) is 1.62. The molecule has 0 aliphatic carbocycles. The van der Waals surface area contributed by atoms with Gasteiger partial charge in [0.25, 0.3) is 0 Å². The molecule has 0 fully saturated rings. The average Bonchev–Trinajstić information content (AvgIpc) is 2.30. The molecule has 0 aromatic heterocycles. The summed E-state index contributed by atoms with van der Waals surface area (Å²) in [5.74, 6) is 1.11. The van der Waals surface area contributed by atoms with Gasteiger partial charge in [-0.1, -0.05) is 38.4 Å². The van der Waals surface area contributed by atoms with Gasteiger partial charge in [0, 0.05) is 16.9 Å². The second-order valence-electron chi connectivity index (χ2n) is 4.62. The second-order valence-corrected chi connectivity index (χ2v) is 5.05. The highest BCUT2D eigenvalue weighted by Crippen LogP contribution is 2.26. The molecule has 0 aliphatic heterocycles. The van der Waals surface area contributed by atoms with Gasteiger partial charge >= 0.3 is 0 Å². The maximum Gasteiger partial charge on any atom is 0.138 e. The smallest absolute Gasteiger partial charge is 0.138 e. The Hall–Kier alpha value is -1.02. The van der Waals surface area contributed by atoms with Crippen LogP contribution in [0.5, 0.6) is 5.75 Å². The fourth-order valence-corrected chi connectivity index (χ4v) is 2.05. The fourth-order valence-electron chi connectivity index (χ4n) is 1.89.